The standard InChI is InChI=1S/C29H41N5O3/c1-6-20(4)27(35)33-24(21-13-8-7-9-14-21)29(37)34(5)25(19(2)3)28(36)32-23-16-11-10-15-22(23)26-30-17-12-18-31-26/h10-12,15-21,24-25H,6-9,13-14H2,1-5H3,(H,32,36)(H,33,35)/t20-,24+,25+/m1/s1. The SMILES string of the molecule is CC[C@@H](C)C(=O)N[C@H](C(=O)N(C)[C@H](C(=O)Nc1ccccc1-c1ncccn1)C(C)C)C1CCCCC1. The third-order valence-corrected chi connectivity index (χ3v) is 7.40. The molecule has 1 aliphatic carbocycles. The minimum atomic E-state index is -0.719. The molecule has 0 aliphatic heterocycles. The number of nitrogens with zero attached hydrogens (tertiary/aromatic N) is 3. The number of rotatable bonds is 10. The molecule has 1 aromatic carbocycles. The molecule has 3 amide bonds. The second-order valence-electron chi connectivity index (χ2n) is 10.4. The maximum Gasteiger partial charge on any atom is 0.247 e. The number of benzene rings is 1. The van der Waals surface area contributed by atoms with Crippen LogP contribution in [-0.2, 0) is 14.4 Å². The summed E-state index contributed by atoms with van der Waals surface area (Å²) in [4.78, 5) is 50.5. The molecule has 0 radical (unpaired) electrons. The molecule has 0 bridgehead atoms. The first-order valence-electron chi connectivity index (χ1n) is 13.5. The van der Waals surface area contributed by atoms with Crippen molar-refractivity contribution in [3.05, 3.63) is 42.7 Å². The van der Waals surface area contributed by atoms with Gasteiger partial charge in [0, 0.05) is 30.9 Å². The van der Waals surface area contributed by atoms with Crippen molar-refractivity contribution >= 4 is 23.4 Å². The van der Waals surface area contributed by atoms with Gasteiger partial charge in [-0.3, -0.25) is 14.4 Å². The van der Waals surface area contributed by atoms with Gasteiger partial charge in [0.25, 0.3) is 0 Å². The summed E-state index contributed by atoms with van der Waals surface area (Å²) in [5, 5.41) is 6.07. The molecule has 2 aromatic rings. The Bertz CT molecular complexity index is 1050. The number of anilines is 1. The largest absolute Gasteiger partial charge is 0.344 e. The van der Waals surface area contributed by atoms with Gasteiger partial charge in [-0.1, -0.05) is 59.1 Å². The van der Waals surface area contributed by atoms with Crippen LogP contribution in [0.2, 0.25) is 0 Å². The van der Waals surface area contributed by atoms with E-state index in [2.05, 4.69) is 20.6 Å². The molecule has 2 N–H and O–H groups in total. The highest BCUT2D eigenvalue weighted by atomic mass is 16.2. The fourth-order valence-corrected chi connectivity index (χ4v) is 5.04. The summed E-state index contributed by atoms with van der Waals surface area (Å²) in [5.74, 6) is -0.349. The van der Waals surface area contributed by atoms with Gasteiger partial charge in [0.15, 0.2) is 5.82 Å². The molecule has 8 heteroatoms. The molecule has 1 heterocycles. The monoisotopic (exact) mass is 507 g/mol. The predicted molar refractivity (Wildman–Crippen MR) is 145 cm³/mol. The topological polar surface area (TPSA) is 104 Å². The van der Waals surface area contributed by atoms with Crippen LogP contribution < -0.4 is 10.6 Å². The predicted octanol–water partition coefficient (Wildman–Crippen LogP) is 4.68. The number of aromatic nitrogens is 2. The Morgan fingerprint density at radius 2 is 1.62 bits per heavy atom. The molecule has 200 valence electrons. The zero-order valence-electron chi connectivity index (χ0n) is 22.7. The van der Waals surface area contributed by atoms with E-state index < -0.39 is 12.1 Å². The van der Waals surface area contributed by atoms with E-state index in [-0.39, 0.29) is 35.5 Å². The van der Waals surface area contributed by atoms with E-state index in [1.54, 1.807) is 31.6 Å². The molecule has 1 aromatic heterocycles. The number of hydrogen-bond acceptors (Lipinski definition) is 5. The number of nitrogens with one attached hydrogen (secondary N) is 2. The van der Waals surface area contributed by atoms with Crippen LogP contribution in [0.25, 0.3) is 11.4 Å². The molecule has 3 rings (SSSR count). The van der Waals surface area contributed by atoms with E-state index in [0.717, 1.165) is 32.1 Å². The Balaban J connectivity index is 1.84. The summed E-state index contributed by atoms with van der Waals surface area (Å²) in [6.07, 6.45) is 9.05. The van der Waals surface area contributed by atoms with Crippen LogP contribution in [-0.4, -0.2) is 51.7 Å². The van der Waals surface area contributed by atoms with Gasteiger partial charge in [-0.15, -0.1) is 0 Å². The van der Waals surface area contributed by atoms with E-state index in [0.29, 0.717) is 23.5 Å². The number of amides is 3. The minimum absolute atomic E-state index is 0.0727. The normalized spacial score (nSPS) is 16.5. The maximum absolute atomic E-state index is 13.9. The van der Waals surface area contributed by atoms with Gasteiger partial charge in [-0.05, 0) is 49.3 Å². The first-order chi connectivity index (χ1) is 17.7. The average molecular weight is 508 g/mol. The fourth-order valence-electron chi connectivity index (χ4n) is 5.04. The molecular weight excluding hydrogens is 466 g/mol. The lowest BCUT2D eigenvalue weighted by Crippen LogP contribution is -2.57. The van der Waals surface area contributed by atoms with Crippen molar-refractivity contribution in [1.29, 1.82) is 0 Å². The second-order valence-corrected chi connectivity index (χ2v) is 10.4. The molecule has 3 atom stereocenters. The lowest BCUT2D eigenvalue weighted by atomic mass is 9.82. The van der Waals surface area contributed by atoms with Crippen LogP contribution in [0.15, 0.2) is 42.7 Å². The summed E-state index contributed by atoms with van der Waals surface area (Å²) in [6.45, 7) is 7.69. The number of hydrogen-bond donors (Lipinski definition) is 2. The number of likely N-dealkylation sites (N-methyl/N-ethyl adjacent to an activating group) is 1. The third-order valence-electron chi connectivity index (χ3n) is 7.40. The third kappa shape index (κ3) is 7.14. The van der Waals surface area contributed by atoms with Crippen LogP contribution >= 0.6 is 0 Å². The van der Waals surface area contributed by atoms with Crippen LogP contribution in [0.1, 0.15) is 66.2 Å². The van der Waals surface area contributed by atoms with Crippen LogP contribution in [0.5, 0.6) is 0 Å². The van der Waals surface area contributed by atoms with Gasteiger partial charge in [-0.2, -0.15) is 0 Å². The van der Waals surface area contributed by atoms with E-state index in [9.17, 15) is 14.4 Å². The molecule has 0 unspecified atom stereocenters. The molecule has 8 nitrogen and oxygen atoms in total. The van der Waals surface area contributed by atoms with Gasteiger partial charge in [0.1, 0.15) is 12.1 Å². The number of para-hydroxylation sites is 1. The van der Waals surface area contributed by atoms with Crippen molar-refractivity contribution in [3.63, 3.8) is 0 Å². The molecule has 37 heavy (non-hydrogen) atoms. The summed E-state index contributed by atoms with van der Waals surface area (Å²) < 4.78 is 0. The lowest BCUT2D eigenvalue weighted by Gasteiger charge is -2.37. The minimum Gasteiger partial charge on any atom is -0.344 e. The van der Waals surface area contributed by atoms with E-state index >= 15 is 0 Å². The Kier molecular flexibility index (Phi) is 10.2. The fraction of sp³-hybridized carbons (Fsp3) is 0.552. The van der Waals surface area contributed by atoms with E-state index in [1.807, 2.05) is 45.9 Å². The molecule has 1 saturated carbocycles. The van der Waals surface area contributed by atoms with E-state index in [4.69, 9.17) is 0 Å². The first kappa shape index (κ1) is 28.3. The van der Waals surface area contributed by atoms with Crippen molar-refractivity contribution in [2.75, 3.05) is 12.4 Å². The van der Waals surface area contributed by atoms with Crippen LogP contribution in [0.3, 0.4) is 0 Å². The van der Waals surface area contributed by atoms with Crippen molar-refractivity contribution in [1.82, 2.24) is 20.2 Å². The van der Waals surface area contributed by atoms with Crippen molar-refractivity contribution < 1.29 is 14.4 Å². The molecule has 1 aliphatic rings. The Hall–Kier alpha value is -3.29. The first-order valence-corrected chi connectivity index (χ1v) is 13.5. The molecular formula is C29H41N5O3. The molecule has 0 spiro atoms. The highest BCUT2D eigenvalue weighted by Crippen LogP contribution is 2.29. The number of carbonyl (C=O) groups excluding carboxylic acids is 3. The summed E-state index contributed by atoms with van der Waals surface area (Å²) in [7, 11) is 1.67. The smallest absolute Gasteiger partial charge is 0.247 e. The zero-order valence-corrected chi connectivity index (χ0v) is 22.7. The average Bonchev–Trinajstić information content (AvgIpc) is 2.91. The van der Waals surface area contributed by atoms with E-state index in [1.165, 1.54) is 4.90 Å². The van der Waals surface area contributed by atoms with Gasteiger partial charge in [0.2, 0.25) is 17.7 Å². The summed E-state index contributed by atoms with van der Waals surface area (Å²) in [5.41, 5.74) is 1.29. The number of carbonyl (C=O) groups is 3. The molecule has 0 saturated heterocycles. The molecule has 1 fully saturated rings. The summed E-state index contributed by atoms with van der Waals surface area (Å²) >= 11 is 0. The summed E-state index contributed by atoms with van der Waals surface area (Å²) in [6, 6.07) is 7.75. The highest BCUT2D eigenvalue weighted by molar-refractivity contribution is 6.00. The van der Waals surface area contributed by atoms with Crippen molar-refractivity contribution in [3.8, 4) is 11.4 Å². The Morgan fingerprint density at radius 3 is 2.24 bits per heavy atom. The van der Waals surface area contributed by atoms with Crippen molar-refractivity contribution in [2.45, 2.75) is 78.3 Å². The quantitative estimate of drug-likeness (QED) is 0.486. The van der Waals surface area contributed by atoms with Crippen LogP contribution in [0.4, 0.5) is 5.69 Å². The van der Waals surface area contributed by atoms with Crippen LogP contribution in [0, 0.1) is 17.8 Å². The zero-order chi connectivity index (χ0) is 26.9. The lowest BCUT2D eigenvalue weighted by molar-refractivity contribution is -0.143. The van der Waals surface area contributed by atoms with Gasteiger partial charge < -0.3 is 15.5 Å². The van der Waals surface area contributed by atoms with Gasteiger partial charge in [-0.25, -0.2) is 9.97 Å². The Morgan fingerprint density at radius 1 is 0.973 bits per heavy atom. The highest BCUT2D eigenvalue weighted by Gasteiger charge is 2.38. The Labute approximate surface area is 220 Å². The van der Waals surface area contributed by atoms with Crippen molar-refractivity contribution in [2.24, 2.45) is 17.8 Å². The maximum atomic E-state index is 13.9. The van der Waals surface area contributed by atoms with Gasteiger partial charge >= 0.3 is 0 Å². The van der Waals surface area contributed by atoms with Gasteiger partial charge in [0.05, 0.1) is 5.69 Å². The second kappa shape index (κ2) is 13.3.